The standard InChI is InChI=1S/C25H29N5O2S/c1-33(31,32)22-7-8-23-20(15-22)9-14-30(23)25-16-24(26-18-27-25)28-21-10-12-29(13-11-21)17-19-5-3-2-4-6-19/h2-8,15-16,18,21H,9-14,17H2,1H3,(H,26,27,28). The summed E-state index contributed by atoms with van der Waals surface area (Å²) >= 11 is 0. The number of benzene rings is 2. The number of hydrogen-bond donors (Lipinski definition) is 1. The number of rotatable bonds is 6. The number of nitrogens with zero attached hydrogens (tertiary/aromatic N) is 4. The fourth-order valence-electron chi connectivity index (χ4n) is 4.71. The lowest BCUT2D eigenvalue weighted by atomic mass is 10.0. The van der Waals surface area contributed by atoms with Crippen LogP contribution in [0.4, 0.5) is 17.3 Å². The van der Waals surface area contributed by atoms with Crippen LogP contribution in [0.25, 0.3) is 0 Å². The van der Waals surface area contributed by atoms with Crippen LogP contribution in [0.15, 0.2) is 65.8 Å². The molecule has 1 N–H and O–H groups in total. The topological polar surface area (TPSA) is 78.4 Å². The van der Waals surface area contributed by atoms with Crippen molar-refractivity contribution in [1.82, 2.24) is 14.9 Å². The van der Waals surface area contributed by atoms with E-state index in [0.717, 1.165) is 68.3 Å². The van der Waals surface area contributed by atoms with Gasteiger partial charge in [0.05, 0.1) is 4.90 Å². The highest BCUT2D eigenvalue weighted by Gasteiger charge is 2.24. The second-order valence-electron chi connectivity index (χ2n) is 8.91. The van der Waals surface area contributed by atoms with Crippen molar-refractivity contribution in [2.75, 3.05) is 36.1 Å². The molecule has 0 radical (unpaired) electrons. The fraction of sp³-hybridized carbons (Fsp3) is 0.360. The van der Waals surface area contributed by atoms with E-state index in [2.05, 4.69) is 55.4 Å². The zero-order valence-electron chi connectivity index (χ0n) is 18.8. The number of aromatic nitrogens is 2. The number of anilines is 3. The molecule has 0 aliphatic carbocycles. The average molecular weight is 464 g/mol. The highest BCUT2D eigenvalue weighted by Crippen LogP contribution is 2.35. The Balaban J connectivity index is 1.22. The molecule has 0 atom stereocenters. The van der Waals surface area contributed by atoms with E-state index >= 15 is 0 Å². The molecule has 3 aromatic rings. The molecular formula is C25H29N5O2S. The van der Waals surface area contributed by atoms with Crippen molar-refractivity contribution >= 4 is 27.2 Å². The lowest BCUT2D eigenvalue weighted by Gasteiger charge is -2.32. The second kappa shape index (κ2) is 9.11. The van der Waals surface area contributed by atoms with Crippen LogP contribution >= 0.6 is 0 Å². The van der Waals surface area contributed by atoms with E-state index in [4.69, 9.17) is 0 Å². The molecule has 1 fully saturated rings. The molecule has 5 rings (SSSR count). The first-order valence-corrected chi connectivity index (χ1v) is 13.3. The minimum Gasteiger partial charge on any atom is -0.367 e. The first-order chi connectivity index (χ1) is 16.0. The Hall–Kier alpha value is -2.97. The summed E-state index contributed by atoms with van der Waals surface area (Å²) in [6.07, 6.45) is 5.80. The largest absolute Gasteiger partial charge is 0.367 e. The summed E-state index contributed by atoms with van der Waals surface area (Å²) in [6.45, 7) is 3.90. The Morgan fingerprint density at radius 1 is 1.00 bits per heavy atom. The zero-order valence-corrected chi connectivity index (χ0v) is 19.6. The summed E-state index contributed by atoms with van der Waals surface area (Å²) in [4.78, 5) is 14.0. The van der Waals surface area contributed by atoms with E-state index in [-0.39, 0.29) is 0 Å². The van der Waals surface area contributed by atoms with Crippen molar-refractivity contribution in [3.63, 3.8) is 0 Å². The number of likely N-dealkylation sites (tertiary alicyclic amines) is 1. The van der Waals surface area contributed by atoms with Gasteiger partial charge in [0.15, 0.2) is 9.84 Å². The van der Waals surface area contributed by atoms with Crippen LogP contribution in [0.1, 0.15) is 24.0 Å². The first kappa shape index (κ1) is 21.9. The van der Waals surface area contributed by atoms with Gasteiger partial charge in [-0.1, -0.05) is 30.3 Å². The van der Waals surface area contributed by atoms with E-state index in [0.29, 0.717) is 10.9 Å². The van der Waals surface area contributed by atoms with Gasteiger partial charge in [-0.05, 0) is 48.6 Å². The Kier molecular flexibility index (Phi) is 6.03. The Morgan fingerprint density at radius 2 is 1.79 bits per heavy atom. The van der Waals surface area contributed by atoms with Gasteiger partial charge < -0.3 is 10.2 Å². The smallest absolute Gasteiger partial charge is 0.175 e. The summed E-state index contributed by atoms with van der Waals surface area (Å²) in [5.74, 6) is 1.67. The predicted molar refractivity (Wildman–Crippen MR) is 131 cm³/mol. The van der Waals surface area contributed by atoms with Gasteiger partial charge in [0, 0.05) is 50.2 Å². The number of piperidine rings is 1. The van der Waals surface area contributed by atoms with Crippen LogP contribution in [0, 0.1) is 0 Å². The third-order valence-electron chi connectivity index (χ3n) is 6.49. The van der Waals surface area contributed by atoms with Crippen molar-refractivity contribution in [3.8, 4) is 0 Å². The lowest BCUT2D eigenvalue weighted by molar-refractivity contribution is 0.211. The van der Waals surface area contributed by atoms with Gasteiger partial charge >= 0.3 is 0 Å². The Bertz CT molecular complexity index is 1220. The maximum absolute atomic E-state index is 11.9. The molecule has 33 heavy (non-hydrogen) atoms. The van der Waals surface area contributed by atoms with Gasteiger partial charge in [-0.15, -0.1) is 0 Å². The van der Waals surface area contributed by atoms with Gasteiger partial charge in [0.25, 0.3) is 0 Å². The van der Waals surface area contributed by atoms with Gasteiger partial charge in [-0.3, -0.25) is 4.90 Å². The van der Waals surface area contributed by atoms with E-state index in [1.807, 2.05) is 12.1 Å². The molecule has 0 unspecified atom stereocenters. The average Bonchev–Trinajstić information content (AvgIpc) is 3.24. The maximum Gasteiger partial charge on any atom is 0.175 e. The number of hydrogen-bond acceptors (Lipinski definition) is 7. The number of nitrogens with one attached hydrogen (secondary N) is 1. The van der Waals surface area contributed by atoms with Gasteiger partial charge in [-0.25, -0.2) is 18.4 Å². The summed E-state index contributed by atoms with van der Waals surface area (Å²) in [5.41, 5.74) is 3.41. The van der Waals surface area contributed by atoms with Crippen LogP contribution < -0.4 is 10.2 Å². The third-order valence-corrected chi connectivity index (χ3v) is 7.60. The minimum absolute atomic E-state index is 0.367. The molecule has 3 heterocycles. The monoisotopic (exact) mass is 463 g/mol. The fourth-order valence-corrected chi connectivity index (χ4v) is 5.38. The molecule has 1 aromatic heterocycles. The molecule has 7 nitrogen and oxygen atoms in total. The van der Waals surface area contributed by atoms with Crippen LogP contribution in [0.2, 0.25) is 0 Å². The summed E-state index contributed by atoms with van der Waals surface area (Å²) in [6, 6.07) is 18.4. The van der Waals surface area contributed by atoms with Gasteiger partial charge in [0.2, 0.25) is 0 Å². The van der Waals surface area contributed by atoms with E-state index < -0.39 is 9.84 Å². The summed E-state index contributed by atoms with van der Waals surface area (Å²) in [5, 5.41) is 3.60. The predicted octanol–water partition coefficient (Wildman–Crippen LogP) is 3.65. The van der Waals surface area contributed by atoms with Crippen LogP contribution in [-0.4, -0.2) is 55.2 Å². The van der Waals surface area contributed by atoms with Crippen LogP contribution in [-0.2, 0) is 22.8 Å². The summed E-state index contributed by atoms with van der Waals surface area (Å²) in [7, 11) is -3.21. The van der Waals surface area contributed by atoms with Crippen LogP contribution in [0.3, 0.4) is 0 Å². The molecule has 172 valence electrons. The van der Waals surface area contributed by atoms with Crippen molar-refractivity contribution in [1.29, 1.82) is 0 Å². The van der Waals surface area contributed by atoms with Crippen molar-refractivity contribution in [2.45, 2.75) is 36.7 Å². The molecule has 1 saturated heterocycles. The molecular weight excluding hydrogens is 434 g/mol. The Labute approximate surface area is 195 Å². The van der Waals surface area contributed by atoms with Gasteiger partial charge in [-0.2, -0.15) is 0 Å². The SMILES string of the molecule is CS(=O)(=O)c1ccc2c(c1)CCN2c1cc(NC2CCN(Cc3ccccc3)CC2)ncn1. The van der Waals surface area contributed by atoms with E-state index in [1.165, 1.54) is 11.8 Å². The molecule has 2 aromatic carbocycles. The molecule has 0 spiro atoms. The van der Waals surface area contributed by atoms with Gasteiger partial charge in [0.1, 0.15) is 18.0 Å². The highest BCUT2D eigenvalue weighted by atomic mass is 32.2. The maximum atomic E-state index is 11.9. The lowest BCUT2D eigenvalue weighted by Crippen LogP contribution is -2.38. The zero-order chi connectivity index (χ0) is 22.8. The third kappa shape index (κ3) is 5.02. The van der Waals surface area contributed by atoms with E-state index in [1.54, 1.807) is 18.5 Å². The molecule has 0 saturated carbocycles. The first-order valence-electron chi connectivity index (χ1n) is 11.4. The minimum atomic E-state index is -3.21. The second-order valence-corrected chi connectivity index (χ2v) is 10.9. The normalized spacial score (nSPS) is 17.2. The molecule has 2 aliphatic rings. The number of fused-ring (bicyclic) bond motifs is 1. The van der Waals surface area contributed by atoms with Crippen LogP contribution in [0.5, 0.6) is 0 Å². The molecule has 0 amide bonds. The van der Waals surface area contributed by atoms with E-state index in [9.17, 15) is 8.42 Å². The quantitative estimate of drug-likeness (QED) is 0.598. The van der Waals surface area contributed by atoms with Crippen molar-refractivity contribution in [2.24, 2.45) is 0 Å². The summed E-state index contributed by atoms with van der Waals surface area (Å²) < 4.78 is 23.8. The number of sulfone groups is 1. The van der Waals surface area contributed by atoms with Crippen molar-refractivity contribution < 1.29 is 8.42 Å². The molecule has 2 aliphatic heterocycles. The molecule has 0 bridgehead atoms. The Morgan fingerprint density at radius 3 is 2.55 bits per heavy atom. The highest BCUT2D eigenvalue weighted by molar-refractivity contribution is 7.90. The molecule has 8 heteroatoms. The van der Waals surface area contributed by atoms with Crippen molar-refractivity contribution in [3.05, 3.63) is 72.1 Å².